The number of rotatable bonds is 4. The lowest BCUT2D eigenvalue weighted by Crippen LogP contribution is -2.32. The Balaban J connectivity index is 1.53. The van der Waals surface area contributed by atoms with Gasteiger partial charge in [-0.3, -0.25) is 10.1 Å². The summed E-state index contributed by atoms with van der Waals surface area (Å²) in [5.41, 5.74) is 1.68. The molecule has 1 aliphatic heterocycles. The number of benzene rings is 2. The van der Waals surface area contributed by atoms with Gasteiger partial charge in [-0.15, -0.1) is 0 Å². The van der Waals surface area contributed by atoms with E-state index < -0.39 is 4.92 Å². The van der Waals surface area contributed by atoms with Crippen LogP contribution >= 0.6 is 0 Å². The summed E-state index contributed by atoms with van der Waals surface area (Å²) in [4.78, 5) is 16.8. The Labute approximate surface area is 142 Å². The van der Waals surface area contributed by atoms with Gasteiger partial charge in [0.15, 0.2) is 0 Å². The van der Waals surface area contributed by atoms with Crippen LogP contribution in [0.5, 0.6) is 5.75 Å². The van der Waals surface area contributed by atoms with E-state index in [-0.39, 0.29) is 5.69 Å². The van der Waals surface area contributed by atoms with Crippen molar-refractivity contribution in [2.24, 2.45) is 0 Å². The third kappa shape index (κ3) is 3.01. The van der Waals surface area contributed by atoms with Gasteiger partial charge in [0.1, 0.15) is 12.4 Å². The molecule has 0 saturated heterocycles. The molecule has 3 aromatic rings. The molecule has 0 bridgehead atoms. The molecule has 1 aliphatic rings. The molecule has 2 heterocycles. The first-order chi connectivity index (χ1) is 12.2. The number of nitro benzene ring substituents is 1. The summed E-state index contributed by atoms with van der Waals surface area (Å²) < 4.78 is 11.0. The van der Waals surface area contributed by atoms with E-state index in [0.717, 1.165) is 18.0 Å². The lowest BCUT2D eigenvalue weighted by molar-refractivity contribution is -0.384. The molecule has 0 fully saturated rings. The molecule has 126 valence electrons. The van der Waals surface area contributed by atoms with E-state index >= 15 is 0 Å². The zero-order valence-electron chi connectivity index (χ0n) is 13.2. The van der Waals surface area contributed by atoms with Gasteiger partial charge in [-0.2, -0.15) is 4.98 Å². The normalized spacial score (nSPS) is 13.2. The Morgan fingerprint density at radius 3 is 2.76 bits per heavy atom. The predicted octanol–water partition coefficient (Wildman–Crippen LogP) is 3.04. The van der Waals surface area contributed by atoms with Gasteiger partial charge < -0.3 is 14.2 Å². The van der Waals surface area contributed by atoms with Gasteiger partial charge in [0.05, 0.1) is 23.7 Å². The number of hydrogen-bond acceptors (Lipinski definition) is 7. The van der Waals surface area contributed by atoms with Crippen molar-refractivity contribution in [3.63, 3.8) is 0 Å². The van der Waals surface area contributed by atoms with E-state index in [4.69, 9.17) is 9.26 Å². The second-order valence-electron chi connectivity index (χ2n) is 5.55. The zero-order chi connectivity index (χ0) is 17.2. The van der Waals surface area contributed by atoms with Crippen LogP contribution in [0.3, 0.4) is 0 Å². The molecule has 0 spiro atoms. The maximum atomic E-state index is 10.7. The molecule has 25 heavy (non-hydrogen) atoms. The highest BCUT2D eigenvalue weighted by atomic mass is 16.6. The van der Waals surface area contributed by atoms with Gasteiger partial charge in [0.25, 0.3) is 5.69 Å². The van der Waals surface area contributed by atoms with Gasteiger partial charge in [-0.25, -0.2) is 0 Å². The number of nitrogens with zero attached hydrogens (tertiary/aromatic N) is 4. The standard InChI is InChI=1S/C17H14N4O4/c22-21(23)13-7-5-12(6-8-13)17-18-16(25-19-17)11-20-9-10-24-15-4-2-1-3-14(15)20/h1-8H,9-11H2. The molecular weight excluding hydrogens is 324 g/mol. The fourth-order valence-electron chi connectivity index (χ4n) is 2.72. The quantitative estimate of drug-likeness (QED) is 0.533. The van der Waals surface area contributed by atoms with Crippen LogP contribution in [0, 0.1) is 10.1 Å². The van der Waals surface area contributed by atoms with Gasteiger partial charge in [-0.1, -0.05) is 17.3 Å². The fourth-order valence-corrected chi connectivity index (χ4v) is 2.72. The van der Waals surface area contributed by atoms with Crippen LogP contribution in [0.1, 0.15) is 5.89 Å². The lowest BCUT2D eigenvalue weighted by atomic mass is 10.2. The topological polar surface area (TPSA) is 94.5 Å². The summed E-state index contributed by atoms with van der Waals surface area (Å²) in [6.45, 7) is 1.80. The minimum atomic E-state index is -0.443. The van der Waals surface area contributed by atoms with Gasteiger partial charge in [0, 0.05) is 17.7 Å². The Bertz CT molecular complexity index is 907. The van der Waals surface area contributed by atoms with Gasteiger partial charge >= 0.3 is 0 Å². The highest BCUT2D eigenvalue weighted by molar-refractivity contribution is 5.60. The molecule has 0 aliphatic carbocycles. The minimum absolute atomic E-state index is 0.0254. The Morgan fingerprint density at radius 1 is 1.16 bits per heavy atom. The molecule has 4 rings (SSSR count). The molecule has 0 saturated carbocycles. The molecule has 0 unspecified atom stereocenters. The molecule has 8 heteroatoms. The van der Waals surface area contributed by atoms with E-state index in [1.54, 1.807) is 12.1 Å². The van der Waals surface area contributed by atoms with E-state index in [1.807, 2.05) is 24.3 Å². The van der Waals surface area contributed by atoms with Crippen LogP contribution < -0.4 is 9.64 Å². The summed E-state index contributed by atoms with van der Waals surface area (Å²) in [7, 11) is 0. The number of ether oxygens (including phenoxy) is 1. The van der Waals surface area contributed by atoms with Crippen molar-refractivity contribution in [2.45, 2.75) is 6.54 Å². The van der Waals surface area contributed by atoms with E-state index in [1.165, 1.54) is 12.1 Å². The molecule has 1 aromatic heterocycles. The zero-order valence-corrected chi connectivity index (χ0v) is 13.2. The average molecular weight is 338 g/mol. The third-order valence-corrected chi connectivity index (χ3v) is 3.96. The first kappa shape index (κ1) is 15.1. The first-order valence-electron chi connectivity index (χ1n) is 7.75. The maximum absolute atomic E-state index is 10.7. The molecule has 8 nitrogen and oxygen atoms in total. The Morgan fingerprint density at radius 2 is 1.96 bits per heavy atom. The Kier molecular flexibility index (Phi) is 3.77. The van der Waals surface area contributed by atoms with Crippen LogP contribution in [0.2, 0.25) is 0 Å². The summed E-state index contributed by atoms with van der Waals surface area (Å²) >= 11 is 0. The first-order valence-corrected chi connectivity index (χ1v) is 7.75. The van der Waals surface area contributed by atoms with Crippen LogP contribution in [0.4, 0.5) is 11.4 Å². The molecule has 0 N–H and O–H groups in total. The molecule has 2 aromatic carbocycles. The molecule has 0 amide bonds. The van der Waals surface area contributed by atoms with Crippen LogP contribution in [0.25, 0.3) is 11.4 Å². The number of fused-ring (bicyclic) bond motifs is 1. The number of aromatic nitrogens is 2. The number of hydrogen-bond donors (Lipinski definition) is 0. The van der Waals surface area contributed by atoms with Crippen molar-refractivity contribution in [3.8, 4) is 17.1 Å². The van der Waals surface area contributed by atoms with Gasteiger partial charge in [-0.05, 0) is 24.3 Å². The average Bonchev–Trinajstić information content (AvgIpc) is 3.11. The van der Waals surface area contributed by atoms with Crippen molar-refractivity contribution in [2.75, 3.05) is 18.1 Å². The van der Waals surface area contributed by atoms with Crippen molar-refractivity contribution in [1.29, 1.82) is 0 Å². The van der Waals surface area contributed by atoms with Crippen LogP contribution in [0.15, 0.2) is 53.1 Å². The maximum Gasteiger partial charge on any atom is 0.269 e. The number of para-hydroxylation sites is 2. The fraction of sp³-hybridized carbons (Fsp3) is 0.176. The minimum Gasteiger partial charge on any atom is -0.490 e. The predicted molar refractivity (Wildman–Crippen MR) is 89.4 cm³/mol. The number of anilines is 1. The highest BCUT2D eigenvalue weighted by Gasteiger charge is 2.20. The van der Waals surface area contributed by atoms with E-state index in [2.05, 4.69) is 15.0 Å². The SMILES string of the molecule is O=[N+]([O-])c1ccc(-c2noc(CN3CCOc4ccccc43)n2)cc1. The van der Waals surface area contributed by atoms with Crippen molar-refractivity contribution in [3.05, 3.63) is 64.5 Å². The largest absolute Gasteiger partial charge is 0.490 e. The summed E-state index contributed by atoms with van der Waals surface area (Å²) in [6.07, 6.45) is 0. The highest BCUT2D eigenvalue weighted by Crippen LogP contribution is 2.32. The van der Waals surface area contributed by atoms with E-state index in [0.29, 0.717) is 30.4 Å². The second-order valence-corrected chi connectivity index (χ2v) is 5.55. The number of non-ortho nitro benzene ring substituents is 1. The monoisotopic (exact) mass is 338 g/mol. The van der Waals surface area contributed by atoms with Crippen LogP contribution in [-0.4, -0.2) is 28.2 Å². The van der Waals surface area contributed by atoms with Crippen molar-refractivity contribution in [1.82, 2.24) is 10.1 Å². The molecule has 0 radical (unpaired) electrons. The summed E-state index contributed by atoms with van der Waals surface area (Å²) in [6, 6.07) is 13.9. The second kappa shape index (κ2) is 6.23. The van der Waals surface area contributed by atoms with Crippen LogP contribution in [-0.2, 0) is 6.54 Å². The molecular formula is C17H14N4O4. The Hall–Kier alpha value is -3.42. The van der Waals surface area contributed by atoms with Gasteiger partial charge in [0.2, 0.25) is 11.7 Å². The number of nitro groups is 1. The van der Waals surface area contributed by atoms with Crippen molar-refractivity contribution >= 4 is 11.4 Å². The third-order valence-electron chi connectivity index (χ3n) is 3.96. The smallest absolute Gasteiger partial charge is 0.269 e. The van der Waals surface area contributed by atoms with Crippen molar-refractivity contribution < 1.29 is 14.2 Å². The summed E-state index contributed by atoms with van der Waals surface area (Å²) in [5, 5.41) is 14.7. The van der Waals surface area contributed by atoms with E-state index in [9.17, 15) is 10.1 Å². The lowest BCUT2D eigenvalue weighted by Gasteiger charge is -2.29. The molecule has 0 atom stereocenters. The summed E-state index contributed by atoms with van der Waals surface area (Å²) in [5.74, 6) is 1.72.